The van der Waals surface area contributed by atoms with Gasteiger partial charge < -0.3 is 15.0 Å². The van der Waals surface area contributed by atoms with Crippen LogP contribution < -0.4 is 5.32 Å². The summed E-state index contributed by atoms with van der Waals surface area (Å²) < 4.78 is 4.94. The molecule has 0 aliphatic carbocycles. The lowest BCUT2D eigenvalue weighted by atomic mass is 9.86. The summed E-state index contributed by atoms with van der Waals surface area (Å²) in [5.41, 5.74) is 0.132. The number of amides is 1. The molecule has 1 atom stereocenters. The Balaban J connectivity index is 2.59. The number of cyclic esters (lactones) is 1. The predicted molar refractivity (Wildman–Crippen MR) is 64.4 cm³/mol. The molecule has 0 saturated carbocycles. The summed E-state index contributed by atoms with van der Waals surface area (Å²) >= 11 is 0. The molecule has 0 aromatic carbocycles. The molecule has 94 valence electrons. The maximum atomic E-state index is 11.4. The summed E-state index contributed by atoms with van der Waals surface area (Å²) in [7, 11) is 0. The van der Waals surface area contributed by atoms with Crippen molar-refractivity contribution in [3.05, 3.63) is 0 Å². The van der Waals surface area contributed by atoms with Gasteiger partial charge in [-0.3, -0.25) is 0 Å². The van der Waals surface area contributed by atoms with E-state index in [1.165, 1.54) is 0 Å². The van der Waals surface area contributed by atoms with Gasteiger partial charge in [0.15, 0.2) is 0 Å². The number of nitrogens with zero attached hydrogens (tertiary/aromatic N) is 1. The van der Waals surface area contributed by atoms with E-state index in [-0.39, 0.29) is 17.6 Å². The van der Waals surface area contributed by atoms with Gasteiger partial charge in [-0.05, 0) is 5.41 Å². The van der Waals surface area contributed by atoms with Crippen LogP contribution in [0.2, 0.25) is 0 Å². The third-order valence-electron chi connectivity index (χ3n) is 2.83. The van der Waals surface area contributed by atoms with E-state index in [1.54, 1.807) is 4.90 Å². The van der Waals surface area contributed by atoms with Crippen molar-refractivity contribution in [1.82, 2.24) is 10.2 Å². The molecule has 1 rings (SSSR count). The van der Waals surface area contributed by atoms with Gasteiger partial charge in [0.2, 0.25) is 0 Å². The minimum Gasteiger partial charge on any atom is -0.448 e. The van der Waals surface area contributed by atoms with Gasteiger partial charge >= 0.3 is 6.09 Å². The quantitative estimate of drug-likeness (QED) is 0.798. The predicted octanol–water partition coefficient (Wildman–Crippen LogP) is 1.85. The molecule has 1 N–H and O–H groups in total. The Hall–Kier alpha value is -0.770. The third kappa shape index (κ3) is 3.67. The topological polar surface area (TPSA) is 41.6 Å². The number of ether oxygens (including phenoxy) is 1. The van der Waals surface area contributed by atoms with Gasteiger partial charge in [-0.1, -0.05) is 34.6 Å². The van der Waals surface area contributed by atoms with Crippen LogP contribution in [0.25, 0.3) is 0 Å². The van der Waals surface area contributed by atoms with Gasteiger partial charge in [-0.2, -0.15) is 0 Å². The first-order valence-electron chi connectivity index (χ1n) is 5.98. The fourth-order valence-corrected chi connectivity index (χ4v) is 1.79. The Morgan fingerprint density at radius 3 is 2.44 bits per heavy atom. The van der Waals surface area contributed by atoms with Crippen molar-refractivity contribution < 1.29 is 9.53 Å². The van der Waals surface area contributed by atoms with Crippen molar-refractivity contribution in [2.45, 2.75) is 46.7 Å². The maximum absolute atomic E-state index is 11.4. The normalized spacial score (nSPS) is 19.1. The van der Waals surface area contributed by atoms with E-state index in [9.17, 15) is 4.79 Å². The molecule has 1 saturated heterocycles. The molecule has 0 unspecified atom stereocenters. The number of hydrogen-bond acceptors (Lipinski definition) is 3. The molecule has 1 aliphatic heterocycles. The zero-order chi connectivity index (χ0) is 12.3. The highest BCUT2D eigenvalue weighted by molar-refractivity contribution is 5.69. The molecule has 0 aromatic rings. The number of nitrogens with one attached hydrogen (secondary N) is 1. The molecule has 16 heavy (non-hydrogen) atoms. The van der Waals surface area contributed by atoms with E-state index in [0.29, 0.717) is 19.2 Å². The summed E-state index contributed by atoms with van der Waals surface area (Å²) in [6.45, 7) is 12.8. The molecule has 1 aliphatic rings. The van der Waals surface area contributed by atoms with E-state index in [0.717, 1.165) is 6.54 Å². The summed E-state index contributed by atoms with van der Waals surface area (Å²) in [4.78, 5) is 13.2. The van der Waals surface area contributed by atoms with E-state index < -0.39 is 0 Å². The van der Waals surface area contributed by atoms with E-state index in [2.05, 4.69) is 39.9 Å². The molecule has 1 amide bonds. The van der Waals surface area contributed by atoms with E-state index >= 15 is 0 Å². The largest absolute Gasteiger partial charge is 0.448 e. The average Bonchev–Trinajstić information content (AvgIpc) is 2.48. The van der Waals surface area contributed by atoms with Crippen LogP contribution in [-0.2, 0) is 4.74 Å². The fraction of sp³-hybridized carbons (Fsp3) is 0.917. The summed E-state index contributed by atoms with van der Waals surface area (Å²) in [6, 6.07) is 0.709. The van der Waals surface area contributed by atoms with Crippen molar-refractivity contribution in [3.63, 3.8) is 0 Å². The molecule has 0 bridgehead atoms. The number of carbonyl (C=O) groups is 1. The van der Waals surface area contributed by atoms with Crippen LogP contribution in [0.4, 0.5) is 4.79 Å². The first kappa shape index (κ1) is 13.3. The number of hydrogen-bond donors (Lipinski definition) is 1. The molecule has 0 aromatic heterocycles. The first-order valence-corrected chi connectivity index (χ1v) is 5.98. The van der Waals surface area contributed by atoms with Crippen LogP contribution in [0.1, 0.15) is 34.6 Å². The molecule has 0 radical (unpaired) electrons. The Morgan fingerprint density at radius 2 is 2.06 bits per heavy atom. The molecular formula is C12H24N2O2. The highest BCUT2D eigenvalue weighted by Gasteiger charge is 2.31. The standard InChI is InChI=1S/C12H24N2O2/c1-9(2)13-10(12(3,4)5)8-14-6-7-16-11(14)15/h9-10,13H,6-8H2,1-5H3/t10-/m1/s1. The summed E-state index contributed by atoms with van der Waals surface area (Å²) in [6.07, 6.45) is -0.181. The van der Waals surface area contributed by atoms with Crippen molar-refractivity contribution in [2.75, 3.05) is 19.7 Å². The minimum atomic E-state index is -0.181. The molecule has 1 fully saturated rings. The van der Waals surface area contributed by atoms with Crippen LogP contribution in [0.15, 0.2) is 0 Å². The Morgan fingerprint density at radius 1 is 1.44 bits per heavy atom. The van der Waals surface area contributed by atoms with Gasteiger partial charge in [0.1, 0.15) is 6.61 Å². The minimum absolute atomic E-state index is 0.132. The lowest BCUT2D eigenvalue weighted by molar-refractivity contribution is 0.144. The van der Waals surface area contributed by atoms with Gasteiger partial charge in [-0.15, -0.1) is 0 Å². The van der Waals surface area contributed by atoms with Gasteiger partial charge in [-0.25, -0.2) is 4.79 Å². The van der Waals surface area contributed by atoms with Gasteiger partial charge in [0.25, 0.3) is 0 Å². The Bertz CT molecular complexity index is 246. The Labute approximate surface area is 98.3 Å². The second-order valence-corrected chi connectivity index (χ2v) is 5.80. The van der Waals surface area contributed by atoms with E-state index in [1.807, 2.05) is 0 Å². The Kier molecular flexibility index (Phi) is 4.19. The fourth-order valence-electron chi connectivity index (χ4n) is 1.79. The highest BCUT2D eigenvalue weighted by atomic mass is 16.6. The molecule has 4 nitrogen and oxygen atoms in total. The van der Waals surface area contributed by atoms with E-state index in [4.69, 9.17) is 4.74 Å². The zero-order valence-electron chi connectivity index (χ0n) is 11.0. The van der Waals surface area contributed by atoms with Crippen molar-refractivity contribution in [3.8, 4) is 0 Å². The summed E-state index contributed by atoms with van der Waals surface area (Å²) in [5.74, 6) is 0. The van der Waals surface area contributed by atoms with Gasteiger partial charge in [0.05, 0.1) is 6.54 Å². The van der Waals surface area contributed by atoms with Crippen molar-refractivity contribution in [1.29, 1.82) is 0 Å². The maximum Gasteiger partial charge on any atom is 0.409 e. The molecular weight excluding hydrogens is 204 g/mol. The third-order valence-corrected chi connectivity index (χ3v) is 2.83. The van der Waals surface area contributed by atoms with Crippen LogP contribution in [-0.4, -0.2) is 42.8 Å². The average molecular weight is 228 g/mol. The van der Waals surface area contributed by atoms with Gasteiger partial charge in [0, 0.05) is 18.6 Å². The number of carbonyl (C=O) groups excluding carboxylic acids is 1. The second kappa shape index (κ2) is 5.04. The summed E-state index contributed by atoms with van der Waals surface area (Å²) in [5, 5.41) is 3.52. The lowest BCUT2D eigenvalue weighted by Crippen LogP contribution is -2.51. The monoisotopic (exact) mass is 228 g/mol. The molecule has 1 heterocycles. The van der Waals surface area contributed by atoms with Crippen LogP contribution in [0, 0.1) is 5.41 Å². The smallest absolute Gasteiger partial charge is 0.409 e. The number of rotatable bonds is 4. The van der Waals surface area contributed by atoms with Crippen LogP contribution in [0.5, 0.6) is 0 Å². The SMILES string of the molecule is CC(C)N[C@H](CN1CCOC1=O)C(C)(C)C. The first-order chi connectivity index (χ1) is 7.30. The molecule has 4 heteroatoms. The second-order valence-electron chi connectivity index (χ2n) is 5.80. The van der Waals surface area contributed by atoms with Crippen molar-refractivity contribution >= 4 is 6.09 Å². The van der Waals surface area contributed by atoms with Crippen LogP contribution >= 0.6 is 0 Å². The highest BCUT2D eigenvalue weighted by Crippen LogP contribution is 2.21. The molecule has 0 spiro atoms. The lowest BCUT2D eigenvalue weighted by Gasteiger charge is -2.35. The zero-order valence-corrected chi connectivity index (χ0v) is 11.0. The van der Waals surface area contributed by atoms with Crippen LogP contribution in [0.3, 0.4) is 0 Å². The van der Waals surface area contributed by atoms with Crippen molar-refractivity contribution in [2.24, 2.45) is 5.41 Å².